The number of imide groups is 1. The van der Waals surface area contributed by atoms with Crippen LogP contribution in [0.2, 0.25) is 5.02 Å². The first-order chi connectivity index (χ1) is 8.49. The zero-order valence-electron chi connectivity index (χ0n) is 9.31. The molecule has 0 saturated carbocycles. The van der Waals surface area contributed by atoms with Gasteiger partial charge in [-0.15, -0.1) is 0 Å². The molecule has 1 heterocycles. The van der Waals surface area contributed by atoms with Crippen molar-refractivity contribution in [3.05, 3.63) is 29.3 Å². The van der Waals surface area contributed by atoms with Gasteiger partial charge in [0.1, 0.15) is 11.8 Å². The number of amides is 3. The first kappa shape index (κ1) is 12.4. The van der Waals surface area contributed by atoms with Gasteiger partial charge in [-0.3, -0.25) is 20.4 Å². The summed E-state index contributed by atoms with van der Waals surface area (Å²) in [5, 5.41) is 10.0. The lowest BCUT2D eigenvalue weighted by Gasteiger charge is -2.31. The minimum Gasteiger partial charge on any atom is -0.387 e. The van der Waals surface area contributed by atoms with Crippen LogP contribution in [0, 0.1) is 11.3 Å². The number of urea groups is 1. The molecule has 1 atom stereocenters. The SMILES string of the molecule is N=C(N)C1CN(c2ccc(Cl)cc2)C(=O)NC1=O. The Kier molecular flexibility index (Phi) is 3.20. The molecule has 4 N–H and O–H groups in total. The normalized spacial score (nSPS) is 19.6. The van der Waals surface area contributed by atoms with E-state index in [0.29, 0.717) is 10.7 Å². The molecule has 2 rings (SSSR count). The van der Waals surface area contributed by atoms with E-state index in [2.05, 4.69) is 5.32 Å². The lowest BCUT2D eigenvalue weighted by Crippen LogP contribution is -2.57. The number of amidine groups is 1. The molecule has 0 aliphatic carbocycles. The summed E-state index contributed by atoms with van der Waals surface area (Å²) in [4.78, 5) is 24.5. The maximum Gasteiger partial charge on any atom is 0.328 e. The van der Waals surface area contributed by atoms with Crippen LogP contribution in [0.1, 0.15) is 0 Å². The van der Waals surface area contributed by atoms with E-state index in [4.69, 9.17) is 22.7 Å². The summed E-state index contributed by atoms with van der Waals surface area (Å²) in [5.74, 6) is -1.63. The van der Waals surface area contributed by atoms with Gasteiger partial charge in [-0.1, -0.05) is 11.6 Å². The van der Waals surface area contributed by atoms with Crippen LogP contribution in [0.3, 0.4) is 0 Å². The summed E-state index contributed by atoms with van der Waals surface area (Å²) in [6.45, 7) is 0.0572. The summed E-state index contributed by atoms with van der Waals surface area (Å²) in [5.41, 5.74) is 5.92. The number of carbonyl (C=O) groups excluding carboxylic acids is 2. The highest BCUT2D eigenvalue weighted by Crippen LogP contribution is 2.21. The van der Waals surface area contributed by atoms with Crippen LogP contribution in [-0.4, -0.2) is 24.3 Å². The quantitative estimate of drug-likeness (QED) is 0.549. The Bertz CT molecular complexity index is 514. The molecule has 1 aromatic carbocycles. The highest BCUT2D eigenvalue weighted by atomic mass is 35.5. The highest BCUT2D eigenvalue weighted by Gasteiger charge is 2.34. The van der Waals surface area contributed by atoms with Gasteiger partial charge in [0.2, 0.25) is 5.91 Å². The van der Waals surface area contributed by atoms with E-state index >= 15 is 0 Å². The van der Waals surface area contributed by atoms with E-state index in [1.165, 1.54) is 4.90 Å². The Balaban J connectivity index is 2.27. The largest absolute Gasteiger partial charge is 0.387 e. The second-order valence-corrected chi connectivity index (χ2v) is 4.33. The van der Waals surface area contributed by atoms with Crippen molar-refractivity contribution in [3.63, 3.8) is 0 Å². The van der Waals surface area contributed by atoms with Crippen LogP contribution in [0.15, 0.2) is 24.3 Å². The van der Waals surface area contributed by atoms with E-state index in [9.17, 15) is 9.59 Å². The number of hydrogen-bond donors (Lipinski definition) is 3. The smallest absolute Gasteiger partial charge is 0.328 e. The number of benzene rings is 1. The van der Waals surface area contributed by atoms with Crippen molar-refractivity contribution in [3.8, 4) is 0 Å². The van der Waals surface area contributed by atoms with Gasteiger partial charge in [-0.2, -0.15) is 0 Å². The van der Waals surface area contributed by atoms with Crippen LogP contribution in [0.5, 0.6) is 0 Å². The summed E-state index contributed by atoms with van der Waals surface area (Å²) < 4.78 is 0. The second-order valence-electron chi connectivity index (χ2n) is 3.89. The number of anilines is 1. The molecule has 3 amide bonds. The molecule has 0 spiro atoms. The molecule has 7 heteroatoms. The summed E-state index contributed by atoms with van der Waals surface area (Å²) in [6.07, 6.45) is 0. The van der Waals surface area contributed by atoms with Crippen LogP contribution in [-0.2, 0) is 4.79 Å². The average molecular weight is 267 g/mol. The Morgan fingerprint density at radius 2 is 2.00 bits per heavy atom. The molecule has 18 heavy (non-hydrogen) atoms. The Morgan fingerprint density at radius 1 is 1.39 bits per heavy atom. The second kappa shape index (κ2) is 4.66. The van der Waals surface area contributed by atoms with Gasteiger partial charge >= 0.3 is 6.03 Å². The van der Waals surface area contributed by atoms with Gasteiger partial charge in [-0.05, 0) is 24.3 Å². The average Bonchev–Trinajstić information content (AvgIpc) is 2.30. The first-order valence-electron chi connectivity index (χ1n) is 5.21. The first-order valence-corrected chi connectivity index (χ1v) is 5.58. The predicted octanol–water partition coefficient (Wildman–Crippen LogP) is 0.948. The van der Waals surface area contributed by atoms with E-state index < -0.39 is 17.9 Å². The molecule has 1 fully saturated rings. The summed E-state index contributed by atoms with van der Waals surface area (Å²) >= 11 is 5.76. The number of nitrogens with two attached hydrogens (primary N) is 1. The molecule has 0 aromatic heterocycles. The maximum atomic E-state index is 11.7. The fraction of sp³-hybridized carbons (Fsp3) is 0.182. The highest BCUT2D eigenvalue weighted by molar-refractivity contribution is 6.30. The fourth-order valence-corrected chi connectivity index (χ4v) is 1.82. The van der Waals surface area contributed by atoms with E-state index in [-0.39, 0.29) is 12.4 Å². The van der Waals surface area contributed by atoms with Crippen molar-refractivity contribution in [1.29, 1.82) is 5.41 Å². The third kappa shape index (κ3) is 2.28. The number of nitrogens with zero attached hydrogens (tertiary/aromatic N) is 1. The van der Waals surface area contributed by atoms with Gasteiger partial charge in [0.15, 0.2) is 0 Å². The van der Waals surface area contributed by atoms with Gasteiger partial charge in [0, 0.05) is 17.3 Å². The molecular weight excluding hydrogens is 256 g/mol. The van der Waals surface area contributed by atoms with E-state index in [0.717, 1.165) is 0 Å². The van der Waals surface area contributed by atoms with E-state index in [1.807, 2.05) is 0 Å². The molecule has 94 valence electrons. The van der Waals surface area contributed by atoms with Crippen molar-refractivity contribution in [2.75, 3.05) is 11.4 Å². The van der Waals surface area contributed by atoms with Crippen LogP contribution in [0.4, 0.5) is 10.5 Å². The van der Waals surface area contributed by atoms with Gasteiger partial charge in [0.25, 0.3) is 0 Å². The predicted molar refractivity (Wildman–Crippen MR) is 67.7 cm³/mol. The number of halogens is 1. The monoisotopic (exact) mass is 266 g/mol. The van der Waals surface area contributed by atoms with Crippen molar-refractivity contribution in [1.82, 2.24) is 5.32 Å². The fourth-order valence-electron chi connectivity index (χ4n) is 1.69. The third-order valence-electron chi connectivity index (χ3n) is 2.67. The topological polar surface area (TPSA) is 99.3 Å². The lowest BCUT2D eigenvalue weighted by atomic mass is 10.0. The number of nitrogens with one attached hydrogen (secondary N) is 2. The number of rotatable bonds is 2. The number of hydrogen-bond acceptors (Lipinski definition) is 3. The molecular formula is C11H11ClN4O2. The summed E-state index contributed by atoms with van der Waals surface area (Å²) in [7, 11) is 0. The van der Waals surface area contributed by atoms with Crippen molar-refractivity contribution in [2.24, 2.45) is 11.7 Å². The summed E-state index contributed by atoms with van der Waals surface area (Å²) in [6, 6.07) is 6.08. The van der Waals surface area contributed by atoms with Gasteiger partial charge in [-0.25, -0.2) is 4.79 Å². The lowest BCUT2D eigenvalue weighted by molar-refractivity contribution is -0.122. The molecule has 1 unspecified atom stereocenters. The Morgan fingerprint density at radius 3 is 2.56 bits per heavy atom. The van der Waals surface area contributed by atoms with Crippen LogP contribution >= 0.6 is 11.6 Å². The molecule has 6 nitrogen and oxygen atoms in total. The minimum absolute atomic E-state index is 0.0572. The zero-order valence-corrected chi connectivity index (χ0v) is 10.1. The van der Waals surface area contributed by atoms with Gasteiger partial charge < -0.3 is 5.73 Å². The van der Waals surface area contributed by atoms with Crippen molar-refractivity contribution in [2.45, 2.75) is 0 Å². The standard InChI is InChI=1S/C11H11ClN4O2/c12-6-1-3-7(4-2-6)16-5-8(9(13)14)10(17)15-11(16)18/h1-4,8H,5H2,(H3,13,14)(H,15,17,18). The van der Waals surface area contributed by atoms with Crippen molar-refractivity contribution < 1.29 is 9.59 Å². The van der Waals surface area contributed by atoms with Crippen molar-refractivity contribution >= 4 is 35.1 Å². The third-order valence-corrected chi connectivity index (χ3v) is 2.92. The molecule has 0 radical (unpaired) electrons. The minimum atomic E-state index is -0.821. The zero-order chi connectivity index (χ0) is 13.3. The molecule has 1 saturated heterocycles. The molecule has 1 aliphatic heterocycles. The van der Waals surface area contributed by atoms with Crippen LogP contribution in [0.25, 0.3) is 0 Å². The van der Waals surface area contributed by atoms with Crippen LogP contribution < -0.4 is 16.0 Å². The molecule has 1 aliphatic rings. The van der Waals surface area contributed by atoms with E-state index in [1.54, 1.807) is 24.3 Å². The number of carbonyl (C=O) groups is 2. The maximum absolute atomic E-state index is 11.7. The Labute approximate surface area is 108 Å². The van der Waals surface area contributed by atoms with Gasteiger partial charge in [0.05, 0.1) is 0 Å². The molecule has 0 bridgehead atoms. The molecule has 1 aromatic rings. The Hall–Kier alpha value is -2.08.